The van der Waals surface area contributed by atoms with Crippen molar-refractivity contribution < 1.29 is 4.79 Å². The smallest absolute Gasteiger partial charge is 0.220 e. The van der Waals surface area contributed by atoms with Crippen LogP contribution in [0.3, 0.4) is 0 Å². The van der Waals surface area contributed by atoms with Gasteiger partial charge in [0.25, 0.3) is 0 Å². The summed E-state index contributed by atoms with van der Waals surface area (Å²) in [5.41, 5.74) is 6.59. The van der Waals surface area contributed by atoms with E-state index in [0.29, 0.717) is 6.54 Å². The lowest BCUT2D eigenvalue weighted by atomic mass is 9.96. The lowest BCUT2D eigenvalue weighted by Gasteiger charge is -2.32. The Bertz CT molecular complexity index is 618. The lowest BCUT2D eigenvalue weighted by Crippen LogP contribution is -2.41. The number of anilines is 1. The zero-order valence-electron chi connectivity index (χ0n) is 14.9. The fraction of sp³-hybridized carbons (Fsp3) is 0.611. The number of carbonyl (C=O) groups is 1. The first-order valence-corrected chi connectivity index (χ1v) is 9.13. The van der Waals surface area contributed by atoms with Crippen molar-refractivity contribution in [2.75, 3.05) is 38.1 Å². The summed E-state index contributed by atoms with van der Waals surface area (Å²) in [5, 5.41) is 3.47. The number of nitrogens with one attached hydrogen (secondary N) is 1. The van der Waals surface area contributed by atoms with E-state index in [1.807, 2.05) is 19.3 Å². The summed E-state index contributed by atoms with van der Waals surface area (Å²) in [6.45, 7) is 4.47. The van der Waals surface area contributed by atoms with E-state index in [2.05, 4.69) is 31.2 Å². The minimum Gasteiger partial charge on any atom is -0.369 e. The fourth-order valence-electron chi connectivity index (χ4n) is 3.66. The third-order valence-electron chi connectivity index (χ3n) is 5.12. The summed E-state index contributed by atoms with van der Waals surface area (Å²) >= 11 is 0. The monoisotopic (exact) mass is 344 g/mol. The third kappa shape index (κ3) is 4.21. The highest BCUT2D eigenvalue weighted by Crippen LogP contribution is 2.24. The van der Waals surface area contributed by atoms with Crippen LogP contribution in [0.25, 0.3) is 0 Å². The Balaban J connectivity index is 1.64. The molecule has 0 spiro atoms. The largest absolute Gasteiger partial charge is 0.369 e. The number of aliphatic imine (C=N–C) groups is 1. The van der Waals surface area contributed by atoms with Gasteiger partial charge in [-0.05, 0) is 31.7 Å². The van der Waals surface area contributed by atoms with Crippen molar-refractivity contribution in [2.24, 2.45) is 16.6 Å². The first-order chi connectivity index (χ1) is 12.2. The normalized spacial score (nSPS) is 19.3. The van der Waals surface area contributed by atoms with Gasteiger partial charge in [0.15, 0.2) is 5.96 Å². The van der Waals surface area contributed by atoms with Crippen molar-refractivity contribution in [3.63, 3.8) is 0 Å². The van der Waals surface area contributed by atoms with E-state index in [0.717, 1.165) is 56.4 Å². The molecule has 0 aromatic carbocycles. The average Bonchev–Trinajstić information content (AvgIpc) is 3.17. The molecule has 1 aromatic rings. The molecule has 7 nitrogen and oxygen atoms in total. The molecule has 136 valence electrons. The molecule has 1 aromatic heterocycles. The van der Waals surface area contributed by atoms with Crippen LogP contribution < -0.4 is 16.0 Å². The minimum absolute atomic E-state index is 0.00414. The van der Waals surface area contributed by atoms with Crippen LogP contribution in [0.4, 0.5) is 5.82 Å². The number of guanidine groups is 1. The number of amides is 1. The number of pyridine rings is 1. The minimum atomic E-state index is -0.183. The van der Waals surface area contributed by atoms with Crippen molar-refractivity contribution in [1.82, 2.24) is 15.2 Å². The molecular formula is C18H28N6O. The van der Waals surface area contributed by atoms with Crippen LogP contribution in [0.1, 0.15) is 31.2 Å². The van der Waals surface area contributed by atoms with Gasteiger partial charge in [-0.2, -0.15) is 0 Å². The Kier molecular flexibility index (Phi) is 5.73. The number of likely N-dealkylation sites (tertiary alicyclic amines) is 1. The molecule has 1 amide bonds. The number of nitrogens with two attached hydrogens (primary N) is 1. The predicted octanol–water partition coefficient (Wildman–Crippen LogP) is 0.955. The van der Waals surface area contributed by atoms with Crippen LogP contribution in [0.5, 0.6) is 0 Å². The molecule has 3 rings (SSSR count). The van der Waals surface area contributed by atoms with Crippen molar-refractivity contribution in [3.8, 4) is 0 Å². The number of piperidine rings is 1. The lowest BCUT2D eigenvalue weighted by molar-refractivity contribution is -0.122. The first kappa shape index (κ1) is 17.5. The molecule has 3 N–H and O–H groups in total. The van der Waals surface area contributed by atoms with Crippen molar-refractivity contribution in [1.29, 1.82) is 0 Å². The van der Waals surface area contributed by atoms with Crippen LogP contribution in [0.15, 0.2) is 23.3 Å². The molecule has 0 unspecified atom stereocenters. The summed E-state index contributed by atoms with van der Waals surface area (Å²) in [6, 6.07) is 4.07. The standard InChI is InChI=1S/C18H28N6O/c1-20-18(24-9-2-3-10-24)22-13-15-5-4-8-21-17(15)23-11-6-14(7-12-23)16(19)25/h4-5,8,14H,2-3,6-7,9-13H2,1H3,(H2,19,25)(H,20,22). The summed E-state index contributed by atoms with van der Waals surface area (Å²) < 4.78 is 0. The first-order valence-electron chi connectivity index (χ1n) is 9.13. The van der Waals surface area contributed by atoms with Gasteiger partial charge in [-0.1, -0.05) is 6.07 Å². The van der Waals surface area contributed by atoms with Crippen LogP contribution in [-0.4, -0.2) is 55.0 Å². The Morgan fingerprint density at radius 3 is 2.68 bits per heavy atom. The third-order valence-corrected chi connectivity index (χ3v) is 5.12. The number of carbonyl (C=O) groups excluding carboxylic acids is 1. The number of primary amides is 1. The molecule has 0 bridgehead atoms. The molecule has 0 saturated carbocycles. The zero-order chi connectivity index (χ0) is 17.6. The van der Waals surface area contributed by atoms with E-state index in [1.54, 1.807) is 0 Å². The second kappa shape index (κ2) is 8.18. The van der Waals surface area contributed by atoms with Crippen LogP contribution in [0.2, 0.25) is 0 Å². The summed E-state index contributed by atoms with van der Waals surface area (Å²) in [6.07, 6.45) is 5.89. The number of hydrogen-bond donors (Lipinski definition) is 2. The number of rotatable bonds is 4. The summed E-state index contributed by atoms with van der Waals surface area (Å²) in [5.74, 6) is 1.77. The van der Waals surface area contributed by atoms with Crippen LogP contribution in [0, 0.1) is 5.92 Å². The molecule has 25 heavy (non-hydrogen) atoms. The SMILES string of the molecule is CN=C(NCc1cccnc1N1CCC(C(N)=O)CC1)N1CCCC1. The molecule has 0 atom stereocenters. The molecule has 3 heterocycles. The molecular weight excluding hydrogens is 316 g/mol. The van der Waals surface area contributed by atoms with E-state index < -0.39 is 0 Å². The highest BCUT2D eigenvalue weighted by atomic mass is 16.1. The van der Waals surface area contributed by atoms with Crippen molar-refractivity contribution >= 4 is 17.7 Å². The molecule has 0 radical (unpaired) electrons. The average molecular weight is 344 g/mol. The van der Waals surface area contributed by atoms with Gasteiger partial charge < -0.3 is 20.9 Å². The van der Waals surface area contributed by atoms with Gasteiger partial charge in [-0.15, -0.1) is 0 Å². The maximum atomic E-state index is 11.4. The van der Waals surface area contributed by atoms with Gasteiger partial charge in [-0.25, -0.2) is 4.98 Å². The highest BCUT2D eigenvalue weighted by molar-refractivity contribution is 5.80. The maximum absolute atomic E-state index is 11.4. The van der Waals surface area contributed by atoms with Gasteiger partial charge >= 0.3 is 0 Å². The summed E-state index contributed by atoms with van der Waals surface area (Å²) in [4.78, 5) is 24.9. The molecule has 2 saturated heterocycles. The highest BCUT2D eigenvalue weighted by Gasteiger charge is 2.25. The zero-order valence-corrected chi connectivity index (χ0v) is 14.9. The topological polar surface area (TPSA) is 86.9 Å². The Hall–Kier alpha value is -2.31. The number of aromatic nitrogens is 1. The van der Waals surface area contributed by atoms with E-state index in [-0.39, 0.29) is 11.8 Å². The second-order valence-electron chi connectivity index (χ2n) is 6.74. The van der Waals surface area contributed by atoms with Crippen LogP contribution in [-0.2, 0) is 11.3 Å². The maximum Gasteiger partial charge on any atom is 0.220 e. The Morgan fingerprint density at radius 1 is 1.32 bits per heavy atom. The molecule has 0 aliphatic carbocycles. The quantitative estimate of drug-likeness (QED) is 0.627. The molecule has 2 aliphatic heterocycles. The Labute approximate surface area is 149 Å². The molecule has 2 fully saturated rings. The van der Waals surface area contributed by atoms with Gasteiger partial charge in [-0.3, -0.25) is 9.79 Å². The van der Waals surface area contributed by atoms with Gasteiger partial charge in [0.2, 0.25) is 5.91 Å². The van der Waals surface area contributed by atoms with Gasteiger partial charge in [0.05, 0.1) is 0 Å². The summed E-state index contributed by atoms with van der Waals surface area (Å²) in [7, 11) is 1.83. The van der Waals surface area contributed by atoms with E-state index in [4.69, 9.17) is 5.73 Å². The van der Waals surface area contributed by atoms with E-state index in [1.165, 1.54) is 12.8 Å². The predicted molar refractivity (Wildman–Crippen MR) is 99.4 cm³/mol. The molecule has 7 heteroatoms. The van der Waals surface area contributed by atoms with E-state index >= 15 is 0 Å². The van der Waals surface area contributed by atoms with Gasteiger partial charge in [0.1, 0.15) is 5.82 Å². The van der Waals surface area contributed by atoms with E-state index in [9.17, 15) is 4.79 Å². The van der Waals surface area contributed by atoms with Crippen LogP contribution >= 0.6 is 0 Å². The number of nitrogens with zero attached hydrogens (tertiary/aromatic N) is 4. The van der Waals surface area contributed by atoms with Crippen molar-refractivity contribution in [2.45, 2.75) is 32.2 Å². The number of hydrogen-bond acceptors (Lipinski definition) is 4. The Morgan fingerprint density at radius 2 is 2.04 bits per heavy atom. The molecule has 2 aliphatic rings. The fourth-order valence-corrected chi connectivity index (χ4v) is 3.66. The van der Waals surface area contributed by atoms with Gasteiger partial charge in [0, 0.05) is 57.4 Å². The van der Waals surface area contributed by atoms with Crippen molar-refractivity contribution in [3.05, 3.63) is 23.9 Å². The second-order valence-corrected chi connectivity index (χ2v) is 6.74.